The van der Waals surface area contributed by atoms with Crippen LogP contribution in [0.2, 0.25) is 0 Å². The molecule has 0 bridgehead atoms. The molecule has 0 saturated carbocycles. The predicted molar refractivity (Wildman–Crippen MR) is 69.7 cm³/mol. The maximum absolute atomic E-state index is 11.1. The molecule has 0 aliphatic carbocycles. The van der Waals surface area contributed by atoms with Crippen LogP contribution < -0.4 is 5.32 Å². The van der Waals surface area contributed by atoms with Crippen LogP contribution in [0.5, 0.6) is 0 Å². The van der Waals surface area contributed by atoms with Crippen LogP contribution in [0, 0.1) is 0 Å². The standard InChI is InChI=1S/C11H25NO4S/c1-4-17(14)6-5-12-7-11(13)9-16-10(2)8-15-3/h10-13H,4-9H2,1-3H3. The topological polar surface area (TPSA) is 67.8 Å². The zero-order valence-electron chi connectivity index (χ0n) is 11.0. The fourth-order valence-electron chi connectivity index (χ4n) is 1.22. The van der Waals surface area contributed by atoms with Crippen molar-refractivity contribution in [1.82, 2.24) is 5.32 Å². The van der Waals surface area contributed by atoms with E-state index in [4.69, 9.17) is 9.47 Å². The van der Waals surface area contributed by atoms with Crippen molar-refractivity contribution in [2.75, 3.05) is 44.9 Å². The Balaban J connectivity index is 3.40. The average molecular weight is 267 g/mol. The Morgan fingerprint density at radius 2 is 2.12 bits per heavy atom. The number of aliphatic hydroxyl groups is 1. The molecule has 0 rings (SSSR count). The van der Waals surface area contributed by atoms with Crippen molar-refractivity contribution in [3.63, 3.8) is 0 Å². The van der Waals surface area contributed by atoms with Crippen molar-refractivity contribution in [2.24, 2.45) is 0 Å². The number of hydrogen-bond acceptors (Lipinski definition) is 5. The molecule has 3 unspecified atom stereocenters. The quantitative estimate of drug-likeness (QED) is 0.506. The van der Waals surface area contributed by atoms with Crippen molar-refractivity contribution < 1.29 is 18.8 Å². The second kappa shape index (κ2) is 11.1. The Morgan fingerprint density at radius 1 is 1.41 bits per heavy atom. The molecule has 104 valence electrons. The Bertz CT molecular complexity index is 204. The van der Waals surface area contributed by atoms with E-state index in [-0.39, 0.29) is 12.7 Å². The van der Waals surface area contributed by atoms with Gasteiger partial charge in [-0.15, -0.1) is 0 Å². The molecule has 0 heterocycles. The summed E-state index contributed by atoms with van der Waals surface area (Å²) in [6.45, 7) is 5.72. The van der Waals surface area contributed by atoms with Gasteiger partial charge in [0.15, 0.2) is 0 Å². The molecule has 0 spiro atoms. The van der Waals surface area contributed by atoms with Crippen molar-refractivity contribution in [3.8, 4) is 0 Å². The van der Waals surface area contributed by atoms with Crippen LogP contribution in [0.3, 0.4) is 0 Å². The van der Waals surface area contributed by atoms with Gasteiger partial charge in [0.05, 0.1) is 25.4 Å². The third-order valence-electron chi connectivity index (χ3n) is 2.18. The van der Waals surface area contributed by atoms with E-state index in [2.05, 4.69) is 5.32 Å². The highest BCUT2D eigenvalue weighted by molar-refractivity contribution is 7.84. The van der Waals surface area contributed by atoms with Crippen LogP contribution in [0.15, 0.2) is 0 Å². The molecule has 0 aromatic heterocycles. The van der Waals surface area contributed by atoms with Crippen molar-refractivity contribution in [2.45, 2.75) is 26.1 Å². The summed E-state index contributed by atoms with van der Waals surface area (Å²) >= 11 is 0. The maximum atomic E-state index is 11.1. The first-order chi connectivity index (χ1) is 8.10. The SMILES string of the molecule is CCS(=O)CCNCC(O)COC(C)COC. The van der Waals surface area contributed by atoms with Gasteiger partial charge in [-0.3, -0.25) is 4.21 Å². The second-order valence-electron chi connectivity index (χ2n) is 3.89. The Hall–Kier alpha value is -0.0100. The molecule has 2 N–H and O–H groups in total. The van der Waals surface area contributed by atoms with Crippen LogP contribution in [-0.2, 0) is 20.3 Å². The lowest BCUT2D eigenvalue weighted by Crippen LogP contribution is -2.34. The fraction of sp³-hybridized carbons (Fsp3) is 1.00. The first-order valence-electron chi connectivity index (χ1n) is 5.94. The van der Waals surface area contributed by atoms with Crippen LogP contribution in [0.25, 0.3) is 0 Å². The number of methoxy groups -OCH3 is 1. The Morgan fingerprint density at radius 3 is 2.71 bits per heavy atom. The highest BCUT2D eigenvalue weighted by Crippen LogP contribution is 1.93. The summed E-state index contributed by atoms with van der Waals surface area (Å²) < 4.78 is 21.4. The molecule has 0 aliphatic heterocycles. The molecule has 0 radical (unpaired) electrons. The predicted octanol–water partition coefficient (Wildman–Crippen LogP) is -0.243. The van der Waals surface area contributed by atoms with E-state index in [1.807, 2.05) is 13.8 Å². The Kier molecular flexibility index (Phi) is 11.1. The summed E-state index contributed by atoms with van der Waals surface area (Å²) in [6.07, 6.45) is -0.549. The number of rotatable bonds is 11. The molecular formula is C11H25NO4S. The Labute approximate surface area is 106 Å². The fourth-order valence-corrected chi connectivity index (χ4v) is 1.88. The number of aliphatic hydroxyl groups excluding tert-OH is 1. The number of hydrogen-bond donors (Lipinski definition) is 2. The van der Waals surface area contributed by atoms with E-state index < -0.39 is 16.9 Å². The van der Waals surface area contributed by atoms with Gasteiger partial charge in [0.1, 0.15) is 0 Å². The molecular weight excluding hydrogens is 242 g/mol. The minimum absolute atomic E-state index is 0.0118. The summed E-state index contributed by atoms with van der Waals surface area (Å²) in [6, 6.07) is 0. The maximum Gasteiger partial charge on any atom is 0.0897 e. The smallest absolute Gasteiger partial charge is 0.0897 e. The lowest BCUT2D eigenvalue weighted by atomic mass is 10.3. The molecule has 0 aromatic carbocycles. The minimum atomic E-state index is -0.747. The first-order valence-corrected chi connectivity index (χ1v) is 7.43. The van der Waals surface area contributed by atoms with Gasteiger partial charge in [0.2, 0.25) is 0 Å². The molecule has 0 aliphatic rings. The van der Waals surface area contributed by atoms with Crippen LogP contribution in [0.1, 0.15) is 13.8 Å². The second-order valence-corrected chi connectivity index (χ2v) is 5.76. The summed E-state index contributed by atoms with van der Waals surface area (Å²) in [5.41, 5.74) is 0. The first kappa shape index (κ1) is 17.0. The number of ether oxygens (including phenoxy) is 2. The third-order valence-corrected chi connectivity index (χ3v) is 3.49. The number of nitrogens with one attached hydrogen (secondary N) is 1. The summed E-state index contributed by atoms with van der Waals surface area (Å²) in [5.74, 6) is 1.31. The van der Waals surface area contributed by atoms with Gasteiger partial charge in [0, 0.05) is 42.5 Å². The van der Waals surface area contributed by atoms with Crippen molar-refractivity contribution in [3.05, 3.63) is 0 Å². The normalized spacial score (nSPS) is 16.7. The van der Waals surface area contributed by atoms with Gasteiger partial charge in [-0.1, -0.05) is 6.92 Å². The van der Waals surface area contributed by atoms with Gasteiger partial charge in [-0.25, -0.2) is 0 Å². The van der Waals surface area contributed by atoms with E-state index >= 15 is 0 Å². The van der Waals surface area contributed by atoms with E-state index in [0.717, 1.165) is 0 Å². The molecule has 5 nitrogen and oxygen atoms in total. The monoisotopic (exact) mass is 267 g/mol. The molecule has 0 amide bonds. The van der Waals surface area contributed by atoms with Crippen LogP contribution in [-0.4, -0.2) is 66.4 Å². The molecule has 0 saturated heterocycles. The largest absolute Gasteiger partial charge is 0.389 e. The van der Waals surface area contributed by atoms with Gasteiger partial charge < -0.3 is 19.9 Å². The minimum Gasteiger partial charge on any atom is -0.389 e. The molecule has 0 aromatic rings. The highest BCUT2D eigenvalue weighted by Gasteiger charge is 2.07. The van der Waals surface area contributed by atoms with Crippen molar-refractivity contribution >= 4 is 10.8 Å². The molecule has 6 heteroatoms. The van der Waals surface area contributed by atoms with Crippen LogP contribution >= 0.6 is 0 Å². The van der Waals surface area contributed by atoms with E-state index in [1.165, 1.54) is 0 Å². The van der Waals surface area contributed by atoms with Crippen LogP contribution in [0.4, 0.5) is 0 Å². The summed E-state index contributed by atoms with van der Waals surface area (Å²) in [5, 5.41) is 12.6. The molecule has 17 heavy (non-hydrogen) atoms. The zero-order chi connectivity index (χ0) is 13.1. The van der Waals surface area contributed by atoms with Gasteiger partial charge >= 0.3 is 0 Å². The van der Waals surface area contributed by atoms with E-state index in [0.29, 0.717) is 31.2 Å². The third kappa shape index (κ3) is 10.8. The molecule has 3 atom stereocenters. The lowest BCUT2D eigenvalue weighted by Gasteiger charge is -2.16. The summed E-state index contributed by atoms with van der Waals surface area (Å²) in [4.78, 5) is 0. The lowest BCUT2D eigenvalue weighted by molar-refractivity contribution is -0.0309. The van der Waals surface area contributed by atoms with E-state index in [1.54, 1.807) is 7.11 Å². The van der Waals surface area contributed by atoms with Gasteiger partial charge in [-0.05, 0) is 6.92 Å². The zero-order valence-corrected chi connectivity index (χ0v) is 11.8. The van der Waals surface area contributed by atoms with Crippen molar-refractivity contribution in [1.29, 1.82) is 0 Å². The molecule has 0 fully saturated rings. The van der Waals surface area contributed by atoms with Gasteiger partial charge in [0.25, 0.3) is 0 Å². The average Bonchev–Trinajstić information content (AvgIpc) is 2.32. The summed E-state index contributed by atoms with van der Waals surface area (Å²) in [7, 11) is 0.869. The van der Waals surface area contributed by atoms with E-state index in [9.17, 15) is 9.32 Å². The van der Waals surface area contributed by atoms with Gasteiger partial charge in [-0.2, -0.15) is 0 Å². The highest BCUT2D eigenvalue weighted by atomic mass is 32.2.